The SMILES string of the molecule is CC(C)C1(O)CN(CCOc2ccc(Br)cc2)C1. The lowest BCUT2D eigenvalue weighted by atomic mass is 9.83. The van der Waals surface area contributed by atoms with E-state index >= 15 is 0 Å². The lowest BCUT2D eigenvalue weighted by Gasteiger charge is -2.49. The molecule has 3 nitrogen and oxygen atoms in total. The van der Waals surface area contributed by atoms with Crippen LogP contribution in [0.15, 0.2) is 28.7 Å². The average Bonchev–Trinajstić information content (AvgIpc) is 2.29. The van der Waals surface area contributed by atoms with Gasteiger partial charge in [-0.25, -0.2) is 0 Å². The van der Waals surface area contributed by atoms with E-state index < -0.39 is 5.60 Å². The molecule has 0 atom stereocenters. The zero-order chi connectivity index (χ0) is 13.2. The predicted molar refractivity (Wildman–Crippen MR) is 75.9 cm³/mol. The van der Waals surface area contributed by atoms with E-state index in [-0.39, 0.29) is 0 Å². The zero-order valence-electron chi connectivity index (χ0n) is 10.9. The van der Waals surface area contributed by atoms with E-state index in [9.17, 15) is 5.11 Å². The Hall–Kier alpha value is -0.580. The summed E-state index contributed by atoms with van der Waals surface area (Å²) >= 11 is 3.39. The van der Waals surface area contributed by atoms with Crippen LogP contribution in [0.25, 0.3) is 0 Å². The van der Waals surface area contributed by atoms with Crippen LogP contribution in [-0.2, 0) is 0 Å². The highest BCUT2D eigenvalue weighted by atomic mass is 79.9. The smallest absolute Gasteiger partial charge is 0.119 e. The number of hydrogen-bond donors (Lipinski definition) is 1. The molecule has 1 fully saturated rings. The topological polar surface area (TPSA) is 32.7 Å². The fraction of sp³-hybridized carbons (Fsp3) is 0.571. The first-order valence-electron chi connectivity index (χ1n) is 6.33. The van der Waals surface area contributed by atoms with Crippen LogP contribution in [0.2, 0.25) is 0 Å². The number of rotatable bonds is 5. The second kappa shape index (κ2) is 5.59. The summed E-state index contributed by atoms with van der Waals surface area (Å²) in [6.45, 7) is 7.18. The van der Waals surface area contributed by atoms with Gasteiger partial charge in [0.05, 0.1) is 5.60 Å². The first-order valence-corrected chi connectivity index (χ1v) is 7.12. The van der Waals surface area contributed by atoms with Gasteiger partial charge in [0, 0.05) is 24.1 Å². The van der Waals surface area contributed by atoms with E-state index in [2.05, 4.69) is 34.7 Å². The number of aliphatic hydroxyl groups is 1. The minimum Gasteiger partial charge on any atom is -0.492 e. The maximum absolute atomic E-state index is 10.1. The van der Waals surface area contributed by atoms with Crippen LogP contribution in [0.4, 0.5) is 0 Å². The molecule has 18 heavy (non-hydrogen) atoms. The highest BCUT2D eigenvalue weighted by molar-refractivity contribution is 9.10. The molecule has 1 aliphatic heterocycles. The van der Waals surface area contributed by atoms with Gasteiger partial charge < -0.3 is 9.84 Å². The zero-order valence-corrected chi connectivity index (χ0v) is 12.5. The average molecular weight is 314 g/mol. The van der Waals surface area contributed by atoms with Crippen LogP contribution in [0, 0.1) is 5.92 Å². The van der Waals surface area contributed by atoms with Gasteiger partial charge in [0.25, 0.3) is 0 Å². The molecule has 1 aromatic carbocycles. The van der Waals surface area contributed by atoms with Gasteiger partial charge in [0.2, 0.25) is 0 Å². The van der Waals surface area contributed by atoms with E-state index in [1.165, 1.54) is 0 Å². The quantitative estimate of drug-likeness (QED) is 0.906. The highest BCUT2D eigenvalue weighted by Crippen LogP contribution is 2.28. The molecule has 1 N–H and O–H groups in total. The molecule has 100 valence electrons. The van der Waals surface area contributed by atoms with Gasteiger partial charge in [-0.1, -0.05) is 29.8 Å². The summed E-state index contributed by atoms with van der Waals surface area (Å²) in [7, 11) is 0. The number of likely N-dealkylation sites (tertiary alicyclic amines) is 1. The molecule has 1 aromatic rings. The molecule has 2 rings (SSSR count). The summed E-state index contributed by atoms with van der Waals surface area (Å²) in [6, 6.07) is 7.84. The number of nitrogens with zero attached hydrogens (tertiary/aromatic N) is 1. The van der Waals surface area contributed by atoms with Crippen molar-refractivity contribution in [1.82, 2.24) is 4.90 Å². The van der Waals surface area contributed by atoms with Gasteiger partial charge in [-0.3, -0.25) is 4.90 Å². The Bertz CT molecular complexity index is 385. The van der Waals surface area contributed by atoms with Crippen molar-refractivity contribution in [3.05, 3.63) is 28.7 Å². The summed E-state index contributed by atoms with van der Waals surface area (Å²) in [6.07, 6.45) is 0. The molecule has 0 spiro atoms. The first-order chi connectivity index (χ1) is 8.49. The second-order valence-electron chi connectivity index (χ2n) is 5.27. The number of benzene rings is 1. The van der Waals surface area contributed by atoms with Crippen molar-refractivity contribution in [2.75, 3.05) is 26.2 Å². The Labute approximate surface area is 117 Å². The van der Waals surface area contributed by atoms with Crippen LogP contribution in [0.3, 0.4) is 0 Å². The third-order valence-electron chi connectivity index (χ3n) is 3.56. The molecule has 0 aliphatic carbocycles. The number of β-amino-alcohol motifs (C(OH)–C–C–N with tert-alkyl or cyclic N) is 1. The van der Waals surface area contributed by atoms with Crippen molar-refractivity contribution in [3.8, 4) is 5.75 Å². The standard InChI is InChI=1S/C14H20BrNO2/c1-11(2)14(17)9-16(10-14)7-8-18-13-5-3-12(15)4-6-13/h3-6,11,17H,7-10H2,1-2H3. The molecule has 4 heteroatoms. The molecule has 1 heterocycles. The Morgan fingerprint density at radius 1 is 1.33 bits per heavy atom. The van der Waals surface area contributed by atoms with E-state index in [1.54, 1.807) is 0 Å². The maximum Gasteiger partial charge on any atom is 0.119 e. The van der Waals surface area contributed by atoms with Gasteiger partial charge in [-0.15, -0.1) is 0 Å². The highest BCUT2D eigenvalue weighted by Gasteiger charge is 2.43. The van der Waals surface area contributed by atoms with E-state index in [0.29, 0.717) is 12.5 Å². The molecule has 0 unspecified atom stereocenters. The monoisotopic (exact) mass is 313 g/mol. The van der Waals surface area contributed by atoms with Crippen molar-refractivity contribution in [1.29, 1.82) is 0 Å². The Morgan fingerprint density at radius 2 is 1.94 bits per heavy atom. The van der Waals surface area contributed by atoms with Crippen molar-refractivity contribution in [3.63, 3.8) is 0 Å². The van der Waals surface area contributed by atoms with Gasteiger partial charge >= 0.3 is 0 Å². The van der Waals surface area contributed by atoms with Crippen molar-refractivity contribution in [2.24, 2.45) is 5.92 Å². The van der Waals surface area contributed by atoms with Gasteiger partial charge in [0.1, 0.15) is 12.4 Å². The first kappa shape index (κ1) is 13.8. The fourth-order valence-corrected chi connectivity index (χ4v) is 2.34. The minimum atomic E-state index is -0.488. The molecule has 0 radical (unpaired) electrons. The van der Waals surface area contributed by atoms with E-state index in [1.807, 2.05) is 24.3 Å². The maximum atomic E-state index is 10.1. The van der Waals surface area contributed by atoms with Crippen LogP contribution in [0.1, 0.15) is 13.8 Å². The minimum absolute atomic E-state index is 0.321. The Kier molecular flexibility index (Phi) is 4.30. The molecule has 0 bridgehead atoms. The molecule has 1 saturated heterocycles. The van der Waals surface area contributed by atoms with Crippen LogP contribution in [-0.4, -0.2) is 41.8 Å². The van der Waals surface area contributed by atoms with Crippen LogP contribution < -0.4 is 4.74 Å². The number of hydrogen-bond acceptors (Lipinski definition) is 3. The van der Waals surface area contributed by atoms with Crippen LogP contribution in [0.5, 0.6) is 5.75 Å². The largest absolute Gasteiger partial charge is 0.492 e. The Morgan fingerprint density at radius 3 is 2.50 bits per heavy atom. The summed E-state index contributed by atoms with van der Waals surface area (Å²) in [4.78, 5) is 2.22. The third-order valence-corrected chi connectivity index (χ3v) is 4.09. The molecular weight excluding hydrogens is 294 g/mol. The van der Waals surface area contributed by atoms with E-state index in [0.717, 1.165) is 29.9 Å². The second-order valence-corrected chi connectivity index (χ2v) is 6.19. The molecular formula is C14H20BrNO2. The van der Waals surface area contributed by atoms with Crippen molar-refractivity contribution in [2.45, 2.75) is 19.4 Å². The molecule has 0 amide bonds. The van der Waals surface area contributed by atoms with Crippen LogP contribution >= 0.6 is 15.9 Å². The lowest BCUT2D eigenvalue weighted by Crippen LogP contribution is -2.64. The normalized spacial score (nSPS) is 18.7. The number of ether oxygens (including phenoxy) is 1. The van der Waals surface area contributed by atoms with Crippen molar-refractivity contribution >= 4 is 15.9 Å². The van der Waals surface area contributed by atoms with E-state index in [4.69, 9.17) is 4.74 Å². The summed E-state index contributed by atoms with van der Waals surface area (Å²) < 4.78 is 6.71. The Balaban J connectivity index is 1.67. The predicted octanol–water partition coefficient (Wildman–Crippen LogP) is 2.53. The summed E-state index contributed by atoms with van der Waals surface area (Å²) in [5, 5.41) is 10.1. The fourth-order valence-electron chi connectivity index (χ4n) is 2.07. The lowest BCUT2D eigenvalue weighted by molar-refractivity contribution is -0.129. The van der Waals surface area contributed by atoms with Gasteiger partial charge in [-0.2, -0.15) is 0 Å². The third kappa shape index (κ3) is 3.25. The van der Waals surface area contributed by atoms with Crippen molar-refractivity contribution < 1.29 is 9.84 Å². The molecule has 0 aromatic heterocycles. The number of halogens is 1. The summed E-state index contributed by atoms with van der Waals surface area (Å²) in [5.41, 5.74) is -0.488. The molecule has 0 saturated carbocycles. The van der Waals surface area contributed by atoms with Gasteiger partial charge in [0.15, 0.2) is 0 Å². The molecule has 1 aliphatic rings. The van der Waals surface area contributed by atoms with Gasteiger partial charge in [-0.05, 0) is 30.2 Å². The summed E-state index contributed by atoms with van der Waals surface area (Å²) in [5.74, 6) is 1.21.